The molecule has 1 aromatic carbocycles. The van der Waals surface area contributed by atoms with Crippen LogP contribution in [0.3, 0.4) is 0 Å². The first-order valence-corrected chi connectivity index (χ1v) is 10.4. The Hall–Kier alpha value is -3.22. The Balaban J connectivity index is 1.42. The van der Waals surface area contributed by atoms with Gasteiger partial charge in [0.2, 0.25) is 0 Å². The van der Waals surface area contributed by atoms with Gasteiger partial charge >= 0.3 is 0 Å². The molecule has 6 nitrogen and oxygen atoms in total. The molecule has 0 unspecified atom stereocenters. The summed E-state index contributed by atoms with van der Waals surface area (Å²) in [7, 11) is 1.46. The minimum atomic E-state index is -0.423. The van der Waals surface area contributed by atoms with Crippen LogP contribution >= 0.6 is 0 Å². The topological polar surface area (TPSA) is 55.6 Å². The van der Waals surface area contributed by atoms with Crippen LogP contribution in [0.1, 0.15) is 19.3 Å². The average Bonchev–Trinajstić information content (AvgIpc) is 3.47. The summed E-state index contributed by atoms with van der Waals surface area (Å²) in [5.41, 5.74) is 4.26. The Morgan fingerprint density at radius 3 is 2.70 bits per heavy atom. The maximum absolute atomic E-state index is 14.1. The van der Waals surface area contributed by atoms with Crippen LogP contribution in [0.15, 0.2) is 43.0 Å². The van der Waals surface area contributed by atoms with Gasteiger partial charge in [-0.05, 0) is 42.4 Å². The molecule has 0 spiro atoms. The molecule has 0 amide bonds. The molecule has 6 rings (SSSR count). The first-order valence-electron chi connectivity index (χ1n) is 10.4. The van der Waals surface area contributed by atoms with Crippen molar-refractivity contribution in [3.8, 4) is 16.9 Å². The SMILES string of the molecule is COc1cc2c(-c3cnn4cc(N5C[C@H]6CCC[C@H]6C5)cnc34)ccnc2cc1F. The van der Waals surface area contributed by atoms with Gasteiger partial charge in [0, 0.05) is 36.3 Å². The number of rotatable bonds is 3. The van der Waals surface area contributed by atoms with E-state index in [2.05, 4.69) is 21.2 Å². The Kier molecular flexibility index (Phi) is 3.91. The van der Waals surface area contributed by atoms with Crippen LogP contribution in [0.4, 0.5) is 10.1 Å². The van der Waals surface area contributed by atoms with E-state index in [0.717, 1.165) is 52.8 Å². The van der Waals surface area contributed by atoms with Gasteiger partial charge in [0.05, 0.1) is 36.9 Å². The van der Waals surface area contributed by atoms with Crippen LogP contribution in [0, 0.1) is 17.7 Å². The summed E-state index contributed by atoms with van der Waals surface area (Å²) in [6.45, 7) is 2.23. The molecule has 2 aliphatic rings. The average molecular weight is 403 g/mol. The van der Waals surface area contributed by atoms with Crippen LogP contribution < -0.4 is 9.64 Å². The molecule has 152 valence electrons. The molecule has 30 heavy (non-hydrogen) atoms. The summed E-state index contributed by atoms with van der Waals surface area (Å²) >= 11 is 0. The van der Waals surface area contributed by atoms with Gasteiger partial charge in [-0.3, -0.25) is 4.98 Å². The number of methoxy groups -OCH3 is 1. The number of hydrogen-bond donors (Lipinski definition) is 0. The normalized spacial score (nSPS) is 20.9. The number of hydrogen-bond acceptors (Lipinski definition) is 5. The summed E-state index contributed by atoms with van der Waals surface area (Å²) in [5.74, 6) is 1.43. The van der Waals surface area contributed by atoms with Crippen molar-refractivity contribution in [3.63, 3.8) is 0 Å². The number of halogens is 1. The van der Waals surface area contributed by atoms with E-state index in [1.807, 2.05) is 23.0 Å². The van der Waals surface area contributed by atoms with Crippen molar-refractivity contribution in [2.75, 3.05) is 25.1 Å². The molecule has 2 atom stereocenters. The van der Waals surface area contributed by atoms with Crippen LogP contribution in [0.2, 0.25) is 0 Å². The molecule has 1 saturated carbocycles. The van der Waals surface area contributed by atoms with E-state index in [-0.39, 0.29) is 5.75 Å². The maximum atomic E-state index is 14.1. The third-order valence-electron chi connectivity index (χ3n) is 6.74. The van der Waals surface area contributed by atoms with E-state index < -0.39 is 5.82 Å². The minimum Gasteiger partial charge on any atom is -0.494 e. The third-order valence-corrected chi connectivity index (χ3v) is 6.74. The van der Waals surface area contributed by atoms with Gasteiger partial charge in [0.15, 0.2) is 17.2 Å². The van der Waals surface area contributed by atoms with Crippen molar-refractivity contribution in [1.82, 2.24) is 19.6 Å². The van der Waals surface area contributed by atoms with Crippen molar-refractivity contribution in [1.29, 1.82) is 0 Å². The quantitative estimate of drug-likeness (QED) is 0.510. The highest BCUT2D eigenvalue weighted by Crippen LogP contribution is 2.40. The fourth-order valence-electron chi connectivity index (χ4n) is 5.20. The predicted octanol–water partition coefficient (Wildman–Crippen LogP) is 4.33. The van der Waals surface area contributed by atoms with E-state index in [1.54, 1.807) is 12.3 Å². The first-order chi connectivity index (χ1) is 14.7. The lowest BCUT2D eigenvalue weighted by atomic mass is 10.0. The number of ether oxygens (including phenoxy) is 1. The van der Waals surface area contributed by atoms with Crippen LogP contribution in [0.5, 0.6) is 5.75 Å². The summed E-state index contributed by atoms with van der Waals surface area (Å²) in [4.78, 5) is 11.5. The number of nitrogens with zero attached hydrogens (tertiary/aromatic N) is 5. The zero-order valence-corrected chi connectivity index (χ0v) is 16.8. The highest BCUT2D eigenvalue weighted by molar-refractivity contribution is 5.98. The number of pyridine rings is 1. The number of fused-ring (bicyclic) bond motifs is 3. The largest absolute Gasteiger partial charge is 0.494 e. The fourth-order valence-corrected chi connectivity index (χ4v) is 5.20. The third kappa shape index (κ3) is 2.65. The van der Waals surface area contributed by atoms with Gasteiger partial charge in [-0.2, -0.15) is 5.10 Å². The Morgan fingerprint density at radius 1 is 1.07 bits per heavy atom. The Bertz CT molecular complexity index is 1260. The lowest BCUT2D eigenvalue weighted by Crippen LogP contribution is -2.21. The molecular weight excluding hydrogens is 381 g/mol. The summed E-state index contributed by atoms with van der Waals surface area (Å²) < 4.78 is 21.1. The standard InChI is InChI=1S/C23H22FN5O/c1-30-22-7-18-17(5-6-25-21(18)8-20(22)24)19-10-27-29-13-16(9-26-23(19)29)28-11-14-3-2-4-15(14)12-28/h5-10,13-15H,2-4,11-12H2,1H3/t14-,15+. The Labute approximate surface area is 173 Å². The van der Waals surface area contributed by atoms with Crippen molar-refractivity contribution >= 4 is 22.2 Å². The molecule has 4 heterocycles. The second-order valence-electron chi connectivity index (χ2n) is 8.36. The zero-order valence-electron chi connectivity index (χ0n) is 16.8. The fraction of sp³-hybridized carbons (Fsp3) is 0.348. The first kappa shape index (κ1) is 17.6. The minimum absolute atomic E-state index is 0.197. The van der Waals surface area contributed by atoms with Gasteiger partial charge < -0.3 is 9.64 Å². The van der Waals surface area contributed by atoms with E-state index in [4.69, 9.17) is 9.72 Å². The van der Waals surface area contributed by atoms with Gasteiger partial charge in [-0.25, -0.2) is 13.9 Å². The second-order valence-corrected chi connectivity index (χ2v) is 8.36. The lowest BCUT2D eigenvalue weighted by molar-refractivity contribution is 0.387. The molecule has 0 bridgehead atoms. The molecule has 1 saturated heterocycles. The highest BCUT2D eigenvalue weighted by atomic mass is 19.1. The van der Waals surface area contributed by atoms with Crippen LogP contribution in [-0.4, -0.2) is 39.8 Å². The lowest BCUT2D eigenvalue weighted by Gasteiger charge is -2.19. The molecule has 7 heteroatoms. The zero-order chi connectivity index (χ0) is 20.2. The maximum Gasteiger partial charge on any atom is 0.167 e. The predicted molar refractivity (Wildman–Crippen MR) is 113 cm³/mol. The molecule has 1 aliphatic heterocycles. The van der Waals surface area contributed by atoms with Crippen LogP contribution in [-0.2, 0) is 0 Å². The summed E-state index contributed by atoms with van der Waals surface area (Å²) in [5, 5.41) is 5.38. The summed E-state index contributed by atoms with van der Waals surface area (Å²) in [6.07, 6.45) is 11.6. The van der Waals surface area contributed by atoms with Crippen molar-refractivity contribution in [2.45, 2.75) is 19.3 Å². The Morgan fingerprint density at radius 2 is 1.90 bits per heavy atom. The van der Waals surface area contributed by atoms with E-state index in [1.165, 1.54) is 32.4 Å². The van der Waals surface area contributed by atoms with E-state index in [0.29, 0.717) is 5.52 Å². The molecular formula is C23H22FN5O. The van der Waals surface area contributed by atoms with Crippen molar-refractivity contribution in [2.24, 2.45) is 11.8 Å². The number of aromatic nitrogens is 4. The molecule has 3 aromatic heterocycles. The highest BCUT2D eigenvalue weighted by Gasteiger charge is 2.36. The monoisotopic (exact) mass is 403 g/mol. The van der Waals surface area contributed by atoms with Crippen LogP contribution in [0.25, 0.3) is 27.7 Å². The van der Waals surface area contributed by atoms with Crippen molar-refractivity contribution in [3.05, 3.63) is 48.8 Å². The van der Waals surface area contributed by atoms with E-state index >= 15 is 0 Å². The number of benzene rings is 1. The molecule has 0 N–H and O–H groups in total. The summed E-state index contributed by atoms with van der Waals surface area (Å²) in [6, 6.07) is 5.00. The van der Waals surface area contributed by atoms with Gasteiger partial charge in [-0.1, -0.05) is 6.42 Å². The number of anilines is 1. The van der Waals surface area contributed by atoms with Crippen molar-refractivity contribution < 1.29 is 9.13 Å². The van der Waals surface area contributed by atoms with Gasteiger partial charge in [0.25, 0.3) is 0 Å². The molecule has 1 aliphatic carbocycles. The second kappa shape index (κ2) is 6.65. The smallest absolute Gasteiger partial charge is 0.167 e. The van der Waals surface area contributed by atoms with Gasteiger partial charge in [-0.15, -0.1) is 0 Å². The van der Waals surface area contributed by atoms with E-state index in [9.17, 15) is 4.39 Å². The molecule has 4 aromatic rings. The molecule has 2 fully saturated rings. The molecule has 0 radical (unpaired) electrons. The van der Waals surface area contributed by atoms with Gasteiger partial charge in [0.1, 0.15) is 0 Å².